The SMILES string of the molecule is CCCC1=NN2C(=N)/C(=C/c3cccc(OCCOCCOc4ccccc4C)c3)C(=O)N=C2S1. The molecule has 1 N–H and O–H groups in total. The smallest absolute Gasteiger partial charge is 0.283 e. The van der Waals surface area contributed by atoms with Gasteiger partial charge in [-0.25, -0.2) is 0 Å². The van der Waals surface area contributed by atoms with Crippen LogP contribution in [-0.2, 0) is 9.53 Å². The Labute approximate surface area is 209 Å². The summed E-state index contributed by atoms with van der Waals surface area (Å²) in [5.74, 6) is 1.11. The highest BCUT2D eigenvalue weighted by atomic mass is 32.2. The van der Waals surface area contributed by atoms with Gasteiger partial charge in [0.25, 0.3) is 5.91 Å². The molecule has 2 aromatic rings. The van der Waals surface area contributed by atoms with Crippen molar-refractivity contribution >= 4 is 39.8 Å². The van der Waals surface area contributed by atoms with E-state index >= 15 is 0 Å². The summed E-state index contributed by atoms with van der Waals surface area (Å²) >= 11 is 1.35. The highest BCUT2D eigenvalue weighted by Gasteiger charge is 2.35. The maximum Gasteiger partial charge on any atom is 0.283 e. The van der Waals surface area contributed by atoms with Crippen molar-refractivity contribution in [2.45, 2.75) is 26.7 Å². The number of ether oxygens (including phenoxy) is 3. The van der Waals surface area contributed by atoms with Crippen LogP contribution in [0.15, 0.2) is 64.2 Å². The maximum atomic E-state index is 12.6. The standard InChI is InChI=1S/C26H28N4O4S/c1-3-7-23-29-30-24(27)21(25(31)28-26(30)35-23)17-19-9-6-10-20(16-19)33-14-12-32-13-15-34-22-11-5-4-8-18(22)2/h4-6,8-11,16-17,27H,3,7,12-15H2,1-2H3/b21-17-,27-24?. The fourth-order valence-electron chi connectivity index (χ4n) is 3.46. The van der Waals surface area contributed by atoms with Gasteiger partial charge in [-0.15, -0.1) is 0 Å². The number of aryl methyl sites for hydroxylation is 1. The zero-order valence-corrected chi connectivity index (χ0v) is 20.6. The van der Waals surface area contributed by atoms with E-state index < -0.39 is 5.91 Å². The van der Waals surface area contributed by atoms with Crippen molar-refractivity contribution in [2.24, 2.45) is 10.1 Å². The fraction of sp³-hybridized carbons (Fsp3) is 0.308. The zero-order valence-electron chi connectivity index (χ0n) is 19.8. The van der Waals surface area contributed by atoms with Gasteiger partial charge in [-0.1, -0.05) is 37.3 Å². The van der Waals surface area contributed by atoms with E-state index in [0.717, 1.165) is 34.8 Å². The van der Waals surface area contributed by atoms with Gasteiger partial charge in [0, 0.05) is 0 Å². The molecule has 0 bridgehead atoms. The van der Waals surface area contributed by atoms with E-state index in [1.54, 1.807) is 6.08 Å². The first-order chi connectivity index (χ1) is 17.0. The quantitative estimate of drug-likeness (QED) is 0.354. The number of benzene rings is 2. The van der Waals surface area contributed by atoms with Gasteiger partial charge in [0.15, 0.2) is 5.84 Å². The first-order valence-corrected chi connectivity index (χ1v) is 12.3. The number of amides is 1. The minimum atomic E-state index is -0.436. The number of hydrogen-bond donors (Lipinski definition) is 1. The third kappa shape index (κ3) is 6.37. The summed E-state index contributed by atoms with van der Waals surface area (Å²) < 4.78 is 17.1. The minimum Gasteiger partial charge on any atom is -0.491 e. The molecule has 182 valence electrons. The van der Waals surface area contributed by atoms with Crippen molar-refractivity contribution < 1.29 is 19.0 Å². The average Bonchev–Trinajstić information content (AvgIpc) is 3.25. The van der Waals surface area contributed by atoms with Gasteiger partial charge in [-0.2, -0.15) is 15.1 Å². The summed E-state index contributed by atoms with van der Waals surface area (Å²) in [6, 6.07) is 15.2. The van der Waals surface area contributed by atoms with Gasteiger partial charge in [0.2, 0.25) is 5.17 Å². The third-order valence-electron chi connectivity index (χ3n) is 5.20. The second-order valence-electron chi connectivity index (χ2n) is 7.91. The molecule has 2 aliphatic heterocycles. The summed E-state index contributed by atoms with van der Waals surface area (Å²) in [6.07, 6.45) is 3.38. The predicted octanol–water partition coefficient (Wildman–Crippen LogP) is 4.89. The topological polar surface area (TPSA) is 96.6 Å². The molecule has 0 atom stereocenters. The second kappa shape index (κ2) is 11.8. The van der Waals surface area contributed by atoms with E-state index in [1.807, 2.05) is 55.5 Å². The third-order valence-corrected chi connectivity index (χ3v) is 6.17. The van der Waals surface area contributed by atoms with E-state index in [4.69, 9.17) is 19.6 Å². The Kier molecular flexibility index (Phi) is 8.33. The van der Waals surface area contributed by atoms with Crippen LogP contribution in [0.5, 0.6) is 11.5 Å². The van der Waals surface area contributed by atoms with Crippen molar-refractivity contribution in [3.8, 4) is 11.5 Å². The Bertz CT molecular complexity index is 1190. The van der Waals surface area contributed by atoms with Crippen molar-refractivity contribution in [1.29, 1.82) is 5.41 Å². The highest BCUT2D eigenvalue weighted by Crippen LogP contribution is 2.30. The molecule has 0 unspecified atom stereocenters. The van der Waals surface area contributed by atoms with Crippen LogP contribution < -0.4 is 9.47 Å². The highest BCUT2D eigenvalue weighted by molar-refractivity contribution is 8.26. The number of para-hydroxylation sites is 1. The van der Waals surface area contributed by atoms with Gasteiger partial charge >= 0.3 is 0 Å². The second-order valence-corrected chi connectivity index (χ2v) is 8.95. The molecular weight excluding hydrogens is 464 g/mol. The first kappa shape index (κ1) is 24.7. The molecule has 0 saturated carbocycles. The summed E-state index contributed by atoms with van der Waals surface area (Å²) in [7, 11) is 0. The molecule has 0 spiro atoms. The van der Waals surface area contributed by atoms with E-state index in [0.29, 0.717) is 37.3 Å². The Morgan fingerprint density at radius 3 is 2.66 bits per heavy atom. The number of nitrogens with zero attached hydrogens (tertiary/aromatic N) is 3. The van der Waals surface area contributed by atoms with Crippen LogP contribution in [-0.4, -0.2) is 53.4 Å². The largest absolute Gasteiger partial charge is 0.491 e. The normalized spacial score (nSPS) is 16.3. The van der Waals surface area contributed by atoms with Gasteiger partial charge in [0.05, 0.1) is 18.8 Å². The molecule has 8 nitrogen and oxygen atoms in total. The van der Waals surface area contributed by atoms with Crippen molar-refractivity contribution in [2.75, 3.05) is 26.4 Å². The number of thioether (sulfide) groups is 1. The summed E-state index contributed by atoms with van der Waals surface area (Å²) in [4.78, 5) is 16.7. The maximum absolute atomic E-state index is 12.6. The molecule has 9 heteroatoms. The first-order valence-electron chi connectivity index (χ1n) is 11.5. The van der Waals surface area contributed by atoms with Crippen LogP contribution in [0.4, 0.5) is 0 Å². The van der Waals surface area contributed by atoms with Crippen LogP contribution in [0, 0.1) is 12.3 Å². The number of carbonyl (C=O) groups is 1. The minimum absolute atomic E-state index is 0.0336. The molecule has 0 aliphatic carbocycles. The van der Waals surface area contributed by atoms with Crippen molar-refractivity contribution in [1.82, 2.24) is 5.01 Å². The number of fused-ring (bicyclic) bond motifs is 1. The zero-order chi connectivity index (χ0) is 24.6. The number of carbonyl (C=O) groups excluding carboxylic acids is 1. The number of aliphatic imine (C=N–C) groups is 1. The lowest BCUT2D eigenvalue weighted by molar-refractivity contribution is -0.114. The van der Waals surface area contributed by atoms with Gasteiger partial charge in [-0.3, -0.25) is 10.2 Å². The summed E-state index contributed by atoms with van der Waals surface area (Å²) in [5, 5.41) is 15.6. The predicted molar refractivity (Wildman–Crippen MR) is 139 cm³/mol. The Morgan fingerprint density at radius 2 is 1.86 bits per heavy atom. The lowest BCUT2D eigenvalue weighted by atomic mass is 10.1. The molecule has 35 heavy (non-hydrogen) atoms. The molecule has 2 aliphatic rings. The molecule has 1 amide bonds. The van der Waals surface area contributed by atoms with Crippen LogP contribution in [0.3, 0.4) is 0 Å². The lowest BCUT2D eigenvalue weighted by Crippen LogP contribution is -2.35. The van der Waals surface area contributed by atoms with Crippen LogP contribution in [0.25, 0.3) is 6.08 Å². The summed E-state index contributed by atoms with van der Waals surface area (Å²) in [5.41, 5.74) is 2.03. The Balaban J connectivity index is 1.27. The van der Waals surface area contributed by atoms with Gasteiger partial charge < -0.3 is 14.2 Å². The molecule has 0 saturated heterocycles. The van der Waals surface area contributed by atoms with Crippen molar-refractivity contribution in [3.05, 3.63) is 65.2 Å². The average molecular weight is 493 g/mol. The van der Waals surface area contributed by atoms with Gasteiger partial charge in [0.1, 0.15) is 29.8 Å². The molecular formula is C26H28N4O4S. The molecule has 0 radical (unpaired) electrons. The van der Waals surface area contributed by atoms with E-state index in [2.05, 4.69) is 17.0 Å². The van der Waals surface area contributed by atoms with Crippen molar-refractivity contribution in [3.63, 3.8) is 0 Å². The molecule has 2 heterocycles. The fourth-order valence-corrected chi connectivity index (χ4v) is 4.44. The van der Waals surface area contributed by atoms with Crippen LogP contribution in [0.1, 0.15) is 30.9 Å². The molecule has 4 rings (SSSR count). The van der Waals surface area contributed by atoms with Crippen LogP contribution >= 0.6 is 11.8 Å². The molecule has 2 aromatic carbocycles. The summed E-state index contributed by atoms with van der Waals surface area (Å²) in [6.45, 7) is 5.81. The number of hydrogen-bond acceptors (Lipinski definition) is 7. The van der Waals surface area contributed by atoms with E-state index in [9.17, 15) is 4.79 Å². The monoisotopic (exact) mass is 492 g/mol. The number of nitrogens with one attached hydrogen (secondary N) is 1. The lowest BCUT2D eigenvalue weighted by Gasteiger charge is -2.20. The van der Waals surface area contributed by atoms with E-state index in [-0.39, 0.29) is 11.4 Å². The number of rotatable bonds is 11. The Morgan fingerprint density at radius 1 is 1.06 bits per heavy atom. The number of hydrazone groups is 1. The Hall–Kier alpha value is -3.43. The van der Waals surface area contributed by atoms with Gasteiger partial charge in [-0.05, 0) is 66.9 Å². The molecule has 0 aromatic heterocycles. The van der Waals surface area contributed by atoms with Crippen LogP contribution in [0.2, 0.25) is 0 Å². The van der Waals surface area contributed by atoms with E-state index in [1.165, 1.54) is 16.8 Å². The molecule has 0 fully saturated rings. The number of amidine groups is 2.